The van der Waals surface area contributed by atoms with E-state index in [2.05, 4.69) is 42.5 Å². The van der Waals surface area contributed by atoms with Crippen molar-refractivity contribution in [3.63, 3.8) is 0 Å². The Morgan fingerprint density at radius 3 is 1.40 bits per heavy atom. The highest BCUT2D eigenvalue weighted by Crippen LogP contribution is 2.36. The van der Waals surface area contributed by atoms with E-state index in [4.69, 9.17) is 48.4 Å². The minimum absolute atomic E-state index is 0.128. The van der Waals surface area contributed by atoms with Gasteiger partial charge in [0.1, 0.15) is 152 Å². The summed E-state index contributed by atoms with van der Waals surface area (Å²) < 4.78 is 52.3. The van der Waals surface area contributed by atoms with Crippen LogP contribution in [0.1, 0.15) is 75.2 Å². The summed E-state index contributed by atoms with van der Waals surface area (Å²) >= 11 is 0. The molecule has 31 atom stereocenters. The molecule has 25 N–H and O–H groups in total. The van der Waals surface area contributed by atoms with E-state index in [-0.39, 0.29) is 12.3 Å². The largest absolute Gasteiger partial charge is 0.394 e. The fourth-order valence-electron chi connectivity index (χ4n) is 11.6. The molecule has 5 rings (SSSR count). The first-order valence-electron chi connectivity index (χ1n) is 32.2. The molecule has 0 aromatic rings. The van der Waals surface area contributed by atoms with Crippen molar-refractivity contribution in [3.8, 4) is 0 Å². The Morgan fingerprint density at radius 2 is 0.890 bits per heavy atom. The molecule has 0 aromatic carbocycles. The molecular weight excluding hydrogens is 1350 g/mol. The number of hydrogen-bond donors (Lipinski definition) is 24. The van der Waals surface area contributed by atoms with E-state index in [1.54, 1.807) is 13.8 Å². The van der Waals surface area contributed by atoms with Gasteiger partial charge in [0.2, 0.25) is 53.2 Å². The number of aliphatic hydroxyl groups excluding tert-OH is 15. The SMILES string of the molecule is CC(=O)N[C@@H]1[C@@H](O)[C@H](O[C@@H]2O[C@H](CO)[C@@H](O[C@@H]3O[C@H](CO[C@H]4O[C@H](CO)[C@@H](O)[C@H](O)[C@@H]4O)[C@@H](O)[C@H](O[C@H]4O[C@H](CO)[C@@H](O)[C@H](O)[C@@H]4O)[C@@H]3O)[C@H](O)[C@H]2NC(C)=O)[C@@H](CO)O[C@H]1NC(=O)C[C@@H](NC(=O)[C@@H](C)NC(=O)[C@@H](CC(C)C)NC(C)=O)C(=O)N[C@@H](C(=O)N[C@@H](C(N)=O)[C@H](C)O)C(C)C. The predicted octanol–water partition coefficient (Wildman–Crippen LogP) is -14.1. The van der Waals surface area contributed by atoms with Gasteiger partial charge < -0.3 is 167 Å². The highest BCUT2D eigenvalue weighted by molar-refractivity contribution is 5.98. The summed E-state index contributed by atoms with van der Waals surface area (Å²) in [4.78, 5) is 119. The van der Waals surface area contributed by atoms with Gasteiger partial charge in [-0.05, 0) is 32.1 Å². The first-order valence-corrected chi connectivity index (χ1v) is 32.2. The Labute approximate surface area is 572 Å². The van der Waals surface area contributed by atoms with Crippen molar-refractivity contribution in [2.45, 2.75) is 265 Å². The highest BCUT2D eigenvalue weighted by Gasteiger charge is 2.57. The van der Waals surface area contributed by atoms with Crippen LogP contribution in [-0.2, 0) is 85.8 Å². The van der Waals surface area contributed by atoms with Gasteiger partial charge >= 0.3 is 0 Å². The standard InChI is InChI=1S/C58H99N9O33/c1-17(2)10-24(61-21(7)73)51(89)60-19(5)50(88)64-25(52(90)66-32(18(3)4)53(91)67-33(20(6)72)49(59)87)11-31(76)65-54-34(62-22(8)74)39(80)46(28(14-70)93-54)98-55-35(63-23(9)75)40(81)47(29(15-71)96-55)99-58-45(86)48(100-57-44(85)42(83)37(78)27(13-69)95-57)38(79)30(97-58)16-92-56-43(84)41(82)36(77)26(12-68)94-56/h17-20,24-30,32-48,54-58,68-72,77-86H,10-16H2,1-9H3,(H2,59,87)(H,60,89)(H,61,73)(H,62,74)(H,63,75)(H,64,88)(H,65,76)(H,66,90)(H,67,91)/t19-,20+,24-,25-,26-,27-,28-,29-,30-,32-,33-,34-,35-,36-,37-,38-,39-,40-,41+,42+,43+,44+,45+,46-,47-,48+,54-,55+,56+,57-,58+/m1/s1. The summed E-state index contributed by atoms with van der Waals surface area (Å²) in [5, 5.41) is 182. The normalized spacial score (nSPS) is 36.5. The number of hydrogen-bond acceptors (Lipinski definition) is 33. The zero-order valence-electron chi connectivity index (χ0n) is 56.1. The molecule has 42 nitrogen and oxygen atoms in total. The van der Waals surface area contributed by atoms with Crippen molar-refractivity contribution in [2.24, 2.45) is 17.6 Å². The van der Waals surface area contributed by atoms with E-state index in [0.717, 1.165) is 20.8 Å². The molecule has 42 heteroatoms. The average Bonchev–Trinajstić information content (AvgIpc) is 0.771. The number of ether oxygens (including phenoxy) is 9. The maximum atomic E-state index is 14.3. The molecule has 5 fully saturated rings. The van der Waals surface area contributed by atoms with Crippen molar-refractivity contribution in [1.29, 1.82) is 0 Å². The maximum Gasteiger partial charge on any atom is 0.243 e. The molecule has 5 heterocycles. The number of amides is 9. The van der Waals surface area contributed by atoms with Gasteiger partial charge in [-0.2, -0.15) is 0 Å². The minimum atomic E-state index is -2.31. The van der Waals surface area contributed by atoms with E-state index in [9.17, 15) is 120 Å². The van der Waals surface area contributed by atoms with Crippen LogP contribution in [0.25, 0.3) is 0 Å². The molecule has 574 valence electrons. The molecule has 0 spiro atoms. The molecular formula is C58H99N9O33. The number of nitrogens with one attached hydrogen (secondary N) is 8. The quantitative estimate of drug-likeness (QED) is 0.0297. The van der Waals surface area contributed by atoms with Crippen LogP contribution in [0, 0.1) is 11.8 Å². The van der Waals surface area contributed by atoms with Gasteiger partial charge in [0.15, 0.2) is 31.4 Å². The molecule has 5 aliphatic rings. The van der Waals surface area contributed by atoms with Crippen molar-refractivity contribution < 1.29 is 162 Å². The third kappa shape index (κ3) is 21.9. The molecule has 0 aliphatic carbocycles. The average molecular weight is 1450 g/mol. The second kappa shape index (κ2) is 38.2. The zero-order valence-corrected chi connectivity index (χ0v) is 56.1. The first kappa shape index (κ1) is 84.9. The van der Waals surface area contributed by atoms with E-state index < -0.39 is 288 Å². The number of rotatable bonds is 32. The van der Waals surface area contributed by atoms with Crippen molar-refractivity contribution in [2.75, 3.05) is 33.0 Å². The molecule has 0 unspecified atom stereocenters. The van der Waals surface area contributed by atoms with Crippen molar-refractivity contribution in [1.82, 2.24) is 42.5 Å². The molecule has 0 bridgehead atoms. The summed E-state index contributed by atoms with van der Waals surface area (Å²) in [5.41, 5.74) is 5.37. The van der Waals surface area contributed by atoms with Gasteiger partial charge in [-0.25, -0.2) is 0 Å². The van der Waals surface area contributed by atoms with Crippen LogP contribution in [0.2, 0.25) is 0 Å². The lowest BCUT2D eigenvalue weighted by molar-refractivity contribution is -0.383. The van der Waals surface area contributed by atoms with Crippen LogP contribution in [0.4, 0.5) is 0 Å². The lowest BCUT2D eigenvalue weighted by atomic mass is 9.93. The number of carbonyl (C=O) groups is 9. The zero-order chi connectivity index (χ0) is 75.2. The van der Waals surface area contributed by atoms with Crippen LogP contribution in [-0.4, -0.2) is 352 Å². The summed E-state index contributed by atoms with van der Waals surface area (Å²) in [6.07, 6.45) is -48.0. The molecule has 5 saturated heterocycles. The fraction of sp³-hybridized carbons (Fsp3) is 0.845. The Kier molecular flexibility index (Phi) is 32.4. The van der Waals surface area contributed by atoms with Crippen LogP contribution in [0.15, 0.2) is 0 Å². The maximum absolute atomic E-state index is 14.3. The number of aliphatic hydroxyl groups is 15. The Hall–Kier alpha value is -5.73. The van der Waals surface area contributed by atoms with Gasteiger partial charge in [0.05, 0.1) is 45.6 Å². The summed E-state index contributed by atoms with van der Waals surface area (Å²) in [6, 6.07) is -11.6. The summed E-state index contributed by atoms with van der Waals surface area (Å²) in [7, 11) is 0. The molecule has 0 radical (unpaired) electrons. The third-order valence-corrected chi connectivity index (χ3v) is 16.9. The second-order valence-corrected chi connectivity index (χ2v) is 25.8. The van der Waals surface area contributed by atoms with Gasteiger partial charge in [-0.3, -0.25) is 43.2 Å². The van der Waals surface area contributed by atoms with Crippen LogP contribution in [0.3, 0.4) is 0 Å². The topological polar surface area (TPSA) is 662 Å². The molecule has 5 aliphatic heterocycles. The molecule has 0 aromatic heterocycles. The number of primary amides is 1. The van der Waals surface area contributed by atoms with Gasteiger partial charge in [0.25, 0.3) is 0 Å². The fourth-order valence-corrected chi connectivity index (χ4v) is 11.6. The van der Waals surface area contributed by atoms with Gasteiger partial charge in [-0.1, -0.05) is 27.7 Å². The van der Waals surface area contributed by atoms with Crippen LogP contribution < -0.4 is 48.3 Å². The Bertz CT molecular complexity index is 2730. The lowest BCUT2D eigenvalue weighted by Gasteiger charge is -2.50. The summed E-state index contributed by atoms with van der Waals surface area (Å²) in [5.74, 6) is -9.90. The highest BCUT2D eigenvalue weighted by atomic mass is 16.8. The van der Waals surface area contributed by atoms with Crippen LogP contribution in [0.5, 0.6) is 0 Å². The Morgan fingerprint density at radius 1 is 0.430 bits per heavy atom. The predicted molar refractivity (Wildman–Crippen MR) is 326 cm³/mol. The molecule has 9 amide bonds. The summed E-state index contributed by atoms with van der Waals surface area (Å²) in [6.45, 7) is 6.84. The Balaban J connectivity index is 1.43. The lowest BCUT2D eigenvalue weighted by Crippen LogP contribution is -2.71. The van der Waals surface area contributed by atoms with Crippen molar-refractivity contribution >= 4 is 53.2 Å². The van der Waals surface area contributed by atoms with Crippen molar-refractivity contribution in [3.05, 3.63) is 0 Å². The van der Waals surface area contributed by atoms with Gasteiger partial charge in [0, 0.05) is 20.8 Å². The molecule has 100 heavy (non-hydrogen) atoms. The second-order valence-electron chi connectivity index (χ2n) is 25.8. The number of carbonyl (C=O) groups excluding carboxylic acids is 9. The van der Waals surface area contributed by atoms with E-state index >= 15 is 0 Å². The van der Waals surface area contributed by atoms with Gasteiger partial charge in [-0.15, -0.1) is 0 Å². The van der Waals surface area contributed by atoms with E-state index in [1.807, 2.05) is 0 Å². The van der Waals surface area contributed by atoms with Crippen LogP contribution >= 0.6 is 0 Å². The monoisotopic (exact) mass is 1450 g/mol. The van der Waals surface area contributed by atoms with E-state index in [1.165, 1.54) is 27.7 Å². The smallest absolute Gasteiger partial charge is 0.243 e. The van der Waals surface area contributed by atoms with E-state index in [0.29, 0.717) is 0 Å². The molecule has 0 saturated carbocycles. The number of nitrogens with two attached hydrogens (primary N) is 1. The minimum Gasteiger partial charge on any atom is -0.394 e. The third-order valence-electron chi connectivity index (χ3n) is 16.9. The first-order chi connectivity index (χ1) is 46.8.